The number of hydrogen-bond acceptors (Lipinski definition) is 3. The van der Waals surface area contributed by atoms with Gasteiger partial charge in [0.1, 0.15) is 0 Å². The maximum absolute atomic E-state index is 9.59. The molecule has 6 aromatic carbocycles. The second-order valence-corrected chi connectivity index (χ2v) is 13.2. The smallest absolute Gasteiger partial charge is 0.0991 e. The Labute approximate surface area is 283 Å². The van der Waals surface area contributed by atoms with Gasteiger partial charge in [-0.2, -0.15) is 17.0 Å². The Hall–Kier alpha value is -5.89. The fourth-order valence-corrected chi connectivity index (χ4v) is 8.07. The molecule has 2 aromatic heterocycles. The minimum atomic E-state index is 0.678. The molecule has 48 heavy (non-hydrogen) atoms. The molecule has 3 heterocycles. The molecule has 0 saturated heterocycles. The number of para-hydroxylation sites is 1. The Morgan fingerprint density at radius 1 is 0.521 bits per heavy atom. The summed E-state index contributed by atoms with van der Waals surface area (Å²) >= 11 is 1.97. The van der Waals surface area contributed by atoms with E-state index in [1.54, 1.807) is 0 Å². The second kappa shape index (κ2) is 11.7. The summed E-state index contributed by atoms with van der Waals surface area (Å²) in [6.07, 6.45) is 0. The van der Waals surface area contributed by atoms with Crippen LogP contribution >= 0.6 is 11.8 Å². The lowest BCUT2D eigenvalue weighted by Gasteiger charge is -2.15. The predicted molar refractivity (Wildman–Crippen MR) is 200 cm³/mol. The standard InChI is InChI=1S/C44H29N3S/c45-26-29-15-20-44-40(21-29)38-13-7-8-14-43(38)47(44)36-18-19-37-35(22-36)28-48-27-33-17-16-32(23-39(33)37)34-24-41(30-9-3-1-4-10-30)46-42(25-34)31-11-5-2-6-12-31/h1-25H,27-28H2. The summed E-state index contributed by atoms with van der Waals surface area (Å²) < 4.78 is 2.34. The molecule has 0 amide bonds. The van der Waals surface area contributed by atoms with E-state index in [1.807, 2.05) is 36.0 Å². The van der Waals surface area contributed by atoms with Gasteiger partial charge < -0.3 is 4.57 Å². The lowest BCUT2D eigenvalue weighted by molar-refractivity contribution is 1.17. The number of rotatable bonds is 4. The molecular formula is C44H29N3S. The fourth-order valence-electron chi connectivity index (χ4n) is 7.04. The molecule has 0 radical (unpaired) electrons. The third-order valence-electron chi connectivity index (χ3n) is 9.36. The molecule has 226 valence electrons. The van der Waals surface area contributed by atoms with Crippen LogP contribution in [-0.2, 0) is 11.5 Å². The molecule has 8 aromatic rings. The van der Waals surface area contributed by atoms with Crippen LogP contribution in [0.15, 0.2) is 152 Å². The van der Waals surface area contributed by atoms with E-state index in [0.29, 0.717) is 5.56 Å². The molecule has 1 aliphatic heterocycles. The Kier molecular flexibility index (Phi) is 6.92. The average Bonchev–Trinajstić information content (AvgIpc) is 3.37. The third kappa shape index (κ3) is 4.88. The third-order valence-corrected chi connectivity index (χ3v) is 10.4. The van der Waals surface area contributed by atoms with Crippen LogP contribution in [0.25, 0.3) is 72.3 Å². The zero-order valence-electron chi connectivity index (χ0n) is 26.1. The molecule has 0 aliphatic carbocycles. The normalized spacial score (nSPS) is 12.3. The first-order chi connectivity index (χ1) is 23.7. The van der Waals surface area contributed by atoms with Crippen LogP contribution in [0.5, 0.6) is 0 Å². The van der Waals surface area contributed by atoms with Crippen molar-refractivity contribution in [3.63, 3.8) is 0 Å². The molecule has 0 bridgehead atoms. The maximum Gasteiger partial charge on any atom is 0.0991 e. The van der Waals surface area contributed by atoms with Crippen molar-refractivity contribution in [3.05, 3.63) is 168 Å². The maximum atomic E-state index is 9.59. The van der Waals surface area contributed by atoms with Crippen molar-refractivity contribution >= 4 is 33.6 Å². The van der Waals surface area contributed by atoms with Crippen LogP contribution in [-0.4, -0.2) is 9.55 Å². The minimum Gasteiger partial charge on any atom is -0.309 e. The van der Waals surface area contributed by atoms with Crippen molar-refractivity contribution in [2.24, 2.45) is 0 Å². The molecule has 0 spiro atoms. The van der Waals surface area contributed by atoms with Crippen molar-refractivity contribution in [3.8, 4) is 56.5 Å². The van der Waals surface area contributed by atoms with Gasteiger partial charge in [0.15, 0.2) is 0 Å². The van der Waals surface area contributed by atoms with Gasteiger partial charge in [-0.05, 0) is 88.0 Å². The van der Waals surface area contributed by atoms with Gasteiger partial charge in [-0.25, -0.2) is 4.98 Å². The highest BCUT2D eigenvalue weighted by atomic mass is 32.2. The molecule has 3 nitrogen and oxygen atoms in total. The molecule has 0 unspecified atom stereocenters. The van der Waals surface area contributed by atoms with Crippen LogP contribution in [0.2, 0.25) is 0 Å². The van der Waals surface area contributed by atoms with Gasteiger partial charge in [0.25, 0.3) is 0 Å². The Bertz CT molecular complexity index is 2480. The van der Waals surface area contributed by atoms with Gasteiger partial charge in [0, 0.05) is 39.1 Å². The van der Waals surface area contributed by atoms with Crippen molar-refractivity contribution in [1.29, 1.82) is 5.26 Å². The van der Waals surface area contributed by atoms with Gasteiger partial charge in [-0.3, -0.25) is 0 Å². The summed E-state index contributed by atoms with van der Waals surface area (Å²) in [5, 5.41) is 11.9. The number of hydrogen-bond donors (Lipinski definition) is 0. The topological polar surface area (TPSA) is 41.6 Å². The number of fused-ring (bicyclic) bond motifs is 6. The van der Waals surface area contributed by atoms with E-state index in [4.69, 9.17) is 4.98 Å². The van der Waals surface area contributed by atoms with Crippen LogP contribution in [0.3, 0.4) is 0 Å². The SMILES string of the molecule is N#Cc1ccc2c(c1)c1ccccc1n2-c1ccc2c(c1)CSCc1ccc(-c3cc(-c4ccccc4)nc(-c4ccccc4)c3)cc1-2. The molecule has 0 N–H and O–H groups in total. The second-order valence-electron chi connectivity index (χ2n) is 12.3. The molecule has 0 saturated carbocycles. The summed E-state index contributed by atoms with van der Waals surface area (Å²) in [4.78, 5) is 5.10. The lowest BCUT2D eigenvalue weighted by Crippen LogP contribution is -1.97. The monoisotopic (exact) mass is 631 g/mol. The van der Waals surface area contributed by atoms with Crippen LogP contribution in [0.4, 0.5) is 0 Å². The number of aromatic nitrogens is 2. The predicted octanol–water partition coefficient (Wildman–Crippen LogP) is 11.5. The average molecular weight is 632 g/mol. The van der Waals surface area contributed by atoms with Gasteiger partial charge in [-0.1, -0.05) is 97.1 Å². The van der Waals surface area contributed by atoms with Crippen LogP contribution < -0.4 is 0 Å². The molecular weight excluding hydrogens is 603 g/mol. The lowest BCUT2D eigenvalue weighted by atomic mass is 9.92. The van der Waals surface area contributed by atoms with Gasteiger partial charge >= 0.3 is 0 Å². The summed E-state index contributed by atoms with van der Waals surface area (Å²) in [5.41, 5.74) is 15.8. The van der Waals surface area contributed by atoms with Crippen LogP contribution in [0, 0.1) is 11.3 Å². The van der Waals surface area contributed by atoms with Gasteiger partial charge in [0.05, 0.1) is 34.1 Å². The van der Waals surface area contributed by atoms with Crippen molar-refractivity contribution in [2.75, 3.05) is 0 Å². The van der Waals surface area contributed by atoms with E-state index in [0.717, 1.165) is 67.1 Å². The van der Waals surface area contributed by atoms with E-state index < -0.39 is 0 Å². The fraction of sp³-hybridized carbons (Fsp3) is 0.0455. The molecule has 0 fully saturated rings. The summed E-state index contributed by atoms with van der Waals surface area (Å²) in [6.45, 7) is 0. The Morgan fingerprint density at radius 2 is 1.21 bits per heavy atom. The number of nitriles is 1. The Balaban J connectivity index is 1.18. The number of benzene rings is 6. The first-order valence-electron chi connectivity index (χ1n) is 16.1. The highest BCUT2D eigenvalue weighted by Crippen LogP contribution is 2.41. The van der Waals surface area contributed by atoms with Gasteiger partial charge in [-0.15, -0.1) is 0 Å². The molecule has 4 heteroatoms. The first kappa shape index (κ1) is 28.3. The van der Waals surface area contributed by atoms with Crippen molar-refractivity contribution in [2.45, 2.75) is 11.5 Å². The zero-order valence-corrected chi connectivity index (χ0v) is 26.9. The number of nitrogens with zero attached hydrogens (tertiary/aromatic N) is 3. The number of thioether (sulfide) groups is 1. The summed E-state index contributed by atoms with van der Waals surface area (Å²) in [7, 11) is 0. The summed E-state index contributed by atoms with van der Waals surface area (Å²) in [6, 6.07) is 56.0. The summed E-state index contributed by atoms with van der Waals surface area (Å²) in [5.74, 6) is 1.90. The Morgan fingerprint density at radius 3 is 1.96 bits per heavy atom. The zero-order chi connectivity index (χ0) is 32.0. The van der Waals surface area contributed by atoms with Gasteiger partial charge in [0.2, 0.25) is 0 Å². The van der Waals surface area contributed by atoms with Crippen LogP contribution in [0.1, 0.15) is 16.7 Å². The molecule has 1 aliphatic rings. The highest BCUT2D eigenvalue weighted by molar-refractivity contribution is 7.97. The van der Waals surface area contributed by atoms with E-state index in [2.05, 4.69) is 138 Å². The largest absolute Gasteiger partial charge is 0.309 e. The first-order valence-corrected chi connectivity index (χ1v) is 17.3. The van der Waals surface area contributed by atoms with Crippen molar-refractivity contribution in [1.82, 2.24) is 9.55 Å². The highest BCUT2D eigenvalue weighted by Gasteiger charge is 2.19. The number of pyridine rings is 1. The quantitative estimate of drug-likeness (QED) is 0.194. The van der Waals surface area contributed by atoms with E-state index in [1.165, 1.54) is 27.8 Å². The van der Waals surface area contributed by atoms with Crippen molar-refractivity contribution < 1.29 is 0 Å². The van der Waals surface area contributed by atoms with E-state index in [9.17, 15) is 5.26 Å². The van der Waals surface area contributed by atoms with E-state index >= 15 is 0 Å². The van der Waals surface area contributed by atoms with E-state index in [-0.39, 0.29) is 0 Å². The molecule has 9 rings (SSSR count). The molecule has 0 atom stereocenters. The minimum absolute atomic E-state index is 0.678.